The molecule has 0 aromatic rings. The minimum Gasteiger partial charge on any atom is -0.392 e. The summed E-state index contributed by atoms with van der Waals surface area (Å²) in [6, 6.07) is 0. The van der Waals surface area contributed by atoms with Crippen molar-refractivity contribution < 1.29 is 14.7 Å². The van der Waals surface area contributed by atoms with Crippen LogP contribution in [0.5, 0.6) is 0 Å². The minimum absolute atomic E-state index is 0.0937. The van der Waals surface area contributed by atoms with Crippen LogP contribution in [-0.2, 0) is 9.59 Å². The summed E-state index contributed by atoms with van der Waals surface area (Å²) in [4.78, 5) is 22.2. The third-order valence-corrected chi connectivity index (χ3v) is 1.77. The average Bonchev–Trinajstić information content (AvgIpc) is 2.13. The summed E-state index contributed by atoms with van der Waals surface area (Å²) in [7, 11) is 0. The van der Waals surface area contributed by atoms with Crippen LogP contribution in [0.2, 0.25) is 0 Å². The van der Waals surface area contributed by atoms with Crippen LogP contribution in [0, 0.1) is 5.92 Å². The Bertz CT molecular complexity index is 215. The molecule has 0 aromatic carbocycles. The zero-order valence-electron chi connectivity index (χ0n) is 9.54. The molecule has 15 heavy (non-hydrogen) atoms. The van der Waals surface area contributed by atoms with Gasteiger partial charge in [-0.15, -0.1) is 0 Å². The van der Waals surface area contributed by atoms with Crippen LogP contribution in [-0.4, -0.2) is 36.1 Å². The predicted molar refractivity (Wildman–Crippen MR) is 57.2 cm³/mol. The zero-order valence-corrected chi connectivity index (χ0v) is 9.54. The molecule has 0 bridgehead atoms. The third-order valence-electron chi connectivity index (χ3n) is 1.77. The highest BCUT2D eigenvalue weighted by atomic mass is 16.3. The Labute approximate surface area is 90.2 Å². The SMILES string of the molecule is CC(C)CCNC(=O)C(=O)NC[C@@H](C)O. The summed E-state index contributed by atoms with van der Waals surface area (Å²) >= 11 is 0. The van der Waals surface area contributed by atoms with Gasteiger partial charge >= 0.3 is 11.8 Å². The van der Waals surface area contributed by atoms with Crippen molar-refractivity contribution in [2.45, 2.75) is 33.3 Å². The predicted octanol–water partition coefficient (Wildman–Crippen LogP) is -0.354. The first-order chi connectivity index (χ1) is 6.93. The highest BCUT2D eigenvalue weighted by Gasteiger charge is 2.12. The first-order valence-corrected chi connectivity index (χ1v) is 5.17. The molecule has 0 saturated heterocycles. The van der Waals surface area contributed by atoms with Gasteiger partial charge in [-0.05, 0) is 19.3 Å². The topological polar surface area (TPSA) is 78.4 Å². The standard InChI is InChI=1S/C10H20N2O3/c1-7(2)4-5-11-9(14)10(15)12-6-8(3)13/h7-8,13H,4-6H2,1-3H3,(H,11,14)(H,12,15)/t8-/m1/s1. The van der Waals surface area contributed by atoms with Crippen molar-refractivity contribution in [3.63, 3.8) is 0 Å². The molecule has 0 aliphatic rings. The molecule has 5 nitrogen and oxygen atoms in total. The summed E-state index contributed by atoms with van der Waals surface area (Å²) < 4.78 is 0. The highest BCUT2D eigenvalue weighted by Crippen LogP contribution is 1.95. The second-order valence-corrected chi connectivity index (χ2v) is 4.00. The Balaban J connectivity index is 3.65. The van der Waals surface area contributed by atoms with Gasteiger partial charge in [0.25, 0.3) is 0 Å². The fourth-order valence-corrected chi connectivity index (χ4v) is 0.875. The van der Waals surface area contributed by atoms with E-state index in [0.717, 1.165) is 6.42 Å². The van der Waals surface area contributed by atoms with E-state index in [1.54, 1.807) is 0 Å². The first-order valence-electron chi connectivity index (χ1n) is 5.17. The van der Waals surface area contributed by atoms with Gasteiger partial charge < -0.3 is 15.7 Å². The fourth-order valence-electron chi connectivity index (χ4n) is 0.875. The molecular weight excluding hydrogens is 196 g/mol. The molecule has 0 radical (unpaired) electrons. The van der Waals surface area contributed by atoms with E-state index in [1.807, 2.05) is 13.8 Å². The van der Waals surface area contributed by atoms with Crippen molar-refractivity contribution in [1.29, 1.82) is 0 Å². The van der Waals surface area contributed by atoms with Crippen LogP contribution >= 0.6 is 0 Å². The molecule has 2 amide bonds. The molecule has 0 aromatic heterocycles. The van der Waals surface area contributed by atoms with E-state index in [0.29, 0.717) is 12.5 Å². The monoisotopic (exact) mass is 216 g/mol. The smallest absolute Gasteiger partial charge is 0.309 e. The summed E-state index contributed by atoms with van der Waals surface area (Å²) in [6.45, 7) is 6.21. The Hall–Kier alpha value is -1.10. The van der Waals surface area contributed by atoms with E-state index in [1.165, 1.54) is 6.92 Å². The average molecular weight is 216 g/mol. The highest BCUT2D eigenvalue weighted by molar-refractivity contribution is 6.35. The molecule has 0 fully saturated rings. The van der Waals surface area contributed by atoms with Crippen molar-refractivity contribution in [1.82, 2.24) is 10.6 Å². The van der Waals surface area contributed by atoms with Crippen LogP contribution in [0.4, 0.5) is 0 Å². The van der Waals surface area contributed by atoms with Crippen molar-refractivity contribution in [2.24, 2.45) is 5.92 Å². The Morgan fingerprint density at radius 3 is 2.13 bits per heavy atom. The first kappa shape index (κ1) is 13.9. The van der Waals surface area contributed by atoms with Crippen molar-refractivity contribution in [3.8, 4) is 0 Å². The van der Waals surface area contributed by atoms with Gasteiger partial charge in [0.05, 0.1) is 6.10 Å². The fraction of sp³-hybridized carbons (Fsp3) is 0.800. The van der Waals surface area contributed by atoms with Crippen LogP contribution in [0.15, 0.2) is 0 Å². The van der Waals surface area contributed by atoms with Crippen LogP contribution in [0.3, 0.4) is 0 Å². The van der Waals surface area contributed by atoms with E-state index < -0.39 is 17.9 Å². The van der Waals surface area contributed by atoms with Crippen LogP contribution < -0.4 is 10.6 Å². The number of aliphatic hydroxyl groups is 1. The summed E-state index contributed by atoms with van der Waals surface area (Å²) in [6.07, 6.45) is 0.201. The minimum atomic E-state index is -0.695. The molecule has 0 spiro atoms. The molecule has 0 heterocycles. The van der Waals surface area contributed by atoms with Gasteiger partial charge in [-0.2, -0.15) is 0 Å². The molecule has 0 aliphatic carbocycles. The van der Waals surface area contributed by atoms with Crippen molar-refractivity contribution >= 4 is 11.8 Å². The Morgan fingerprint density at radius 1 is 1.13 bits per heavy atom. The van der Waals surface area contributed by atoms with Crippen LogP contribution in [0.1, 0.15) is 27.2 Å². The third kappa shape index (κ3) is 7.93. The number of rotatable bonds is 5. The maximum atomic E-state index is 11.1. The van der Waals surface area contributed by atoms with Gasteiger partial charge in [0.1, 0.15) is 0 Å². The molecule has 0 unspecified atom stereocenters. The van der Waals surface area contributed by atoms with E-state index in [9.17, 15) is 9.59 Å². The van der Waals surface area contributed by atoms with E-state index >= 15 is 0 Å². The maximum absolute atomic E-state index is 11.1. The number of hydrogen-bond donors (Lipinski definition) is 3. The quantitative estimate of drug-likeness (QED) is 0.549. The summed E-state index contributed by atoms with van der Waals surface area (Å²) in [5, 5.41) is 13.7. The van der Waals surface area contributed by atoms with Gasteiger partial charge in [0.15, 0.2) is 0 Å². The van der Waals surface area contributed by atoms with E-state index in [2.05, 4.69) is 10.6 Å². The Kier molecular flexibility index (Phi) is 6.70. The van der Waals surface area contributed by atoms with Crippen molar-refractivity contribution in [2.75, 3.05) is 13.1 Å². The Morgan fingerprint density at radius 2 is 1.67 bits per heavy atom. The summed E-state index contributed by atoms with van der Waals surface area (Å²) in [5.41, 5.74) is 0. The molecule has 0 aliphatic heterocycles. The lowest BCUT2D eigenvalue weighted by atomic mass is 10.1. The van der Waals surface area contributed by atoms with E-state index in [-0.39, 0.29) is 6.54 Å². The molecule has 0 saturated carbocycles. The van der Waals surface area contributed by atoms with Crippen LogP contribution in [0.25, 0.3) is 0 Å². The van der Waals surface area contributed by atoms with E-state index in [4.69, 9.17) is 5.11 Å². The molecule has 1 atom stereocenters. The molecule has 5 heteroatoms. The zero-order chi connectivity index (χ0) is 11.8. The number of nitrogens with one attached hydrogen (secondary N) is 2. The number of hydrogen-bond acceptors (Lipinski definition) is 3. The molecular formula is C10H20N2O3. The van der Waals surface area contributed by atoms with Gasteiger partial charge in [0.2, 0.25) is 0 Å². The van der Waals surface area contributed by atoms with Gasteiger partial charge in [-0.25, -0.2) is 0 Å². The maximum Gasteiger partial charge on any atom is 0.309 e. The number of amides is 2. The lowest BCUT2D eigenvalue weighted by Crippen LogP contribution is -2.42. The summed E-state index contributed by atoms with van der Waals surface area (Å²) in [5.74, 6) is -0.846. The number of carbonyl (C=O) groups is 2. The van der Waals surface area contributed by atoms with Gasteiger partial charge in [-0.1, -0.05) is 13.8 Å². The molecule has 88 valence electrons. The van der Waals surface area contributed by atoms with Gasteiger partial charge in [-0.3, -0.25) is 9.59 Å². The lowest BCUT2D eigenvalue weighted by molar-refractivity contribution is -0.139. The normalized spacial score (nSPS) is 12.3. The largest absolute Gasteiger partial charge is 0.392 e. The van der Waals surface area contributed by atoms with Gasteiger partial charge in [0, 0.05) is 13.1 Å². The number of carbonyl (C=O) groups excluding carboxylic acids is 2. The molecule has 0 rings (SSSR count). The number of aliphatic hydroxyl groups excluding tert-OH is 1. The second kappa shape index (κ2) is 7.23. The molecule has 3 N–H and O–H groups in total. The lowest BCUT2D eigenvalue weighted by Gasteiger charge is -2.08. The second-order valence-electron chi connectivity index (χ2n) is 4.00. The van der Waals surface area contributed by atoms with Crippen molar-refractivity contribution in [3.05, 3.63) is 0 Å².